The van der Waals surface area contributed by atoms with Gasteiger partial charge in [0, 0.05) is 12.8 Å². The van der Waals surface area contributed by atoms with Gasteiger partial charge in [-0.2, -0.15) is 0 Å². The van der Waals surface area contributed by atoms with E-state index in [2.05, 4.69) is 67.0 Å². The zero-order chi connectivity index (χ0) is 42.1. The van der Waals surface area contributed by atoms with Crippen LogP contribution in [0.4, 0.5) is 0 Å². The second-order valence-corrected chi connectivity index (χ2v) is 16.3. The normalized spacial score (nSPS) is 14.2. The van der Waals surface area contributed by atoms with Crippen LogP contribution in [-0.2, 0) is 37.5 Å². The fourth-order valence-corrected chi connectivity index (χ4v) is 6.66. The van der Waals surface area contributed by atoms with Gasteiger partial charge in [0.25, 0.3) is 0 Å². The molecule has 11 nitrogen and oxygen atoms in total. The van der Waals surface area contributed by atoms with E-state index in [9.17, 15) is 23.8 Å². The van der Waals surface area contributed by atoms with E-state index >= 15 is 0 Å². The number of hydrogen-bond donors (Lipinski definition) is 3. The lowest BCUT2D eigenvalue weighted by molar-refractivity contribution is -0.161. The summed E-state index contributed by atoms with van der Waals surface area (Å²) in [4.78, 5) is 45.9. The van der Waals surface area contributed by atoms with Gasteiger partial charge in [-0.15, -0.1) is 0 Å². The van der Waals surface area contributed by atoms with Crippen LogP contribution in [0, 0.1) is 0 Å². The first-order valence-corrected chi connectivity index (χ1v) is 23.7. The molecule has 0 amide bonds. The lowest BCUT2D eigenvalue weighted by atomic mass is 10.0. The van der Waals surface area contributed by atoms with Crippen LogP contribution in [-0.4, -0.2) is 59.9 Å². The number of phosphoric ester groups is 1. The molecule has 57 heavy (non-hydrogen) atoms. The predicted octanol–water partition coefficient (Wildman–Crippen LogP) is 11.8. The summed E-state index contributed by atoms with van der Waals surface area (Å²) in [7, 11) is -4.72. The second kappa shape index (κ2) is 40.2. The Kier molecular flexibility index (Phi) is 38.4. The number of ether oxygens (including phenoxy) is 2. The van der Waals surface area contributed by atoms with Crippen LogP contribution in [0.2, 0.25) is 0 Å². The summed E-state index contributed by atoms with van der Waals surface area (Å²) < 4.78 is 32.7. The third kappa shape index (κ3) is 40.0. The van der Waals surface area contributed by atoms with Crippen LogP contribution in [0.1, 0.15) is 187 Å². The van der Waals surface area contributed by atoms with Gasteiger partial charge in [0.1, 0.15) is 12.6 Å². The van der Waals surface area contributed by atoms with E-state index in [1.54, 1.807) is 0 Å². The highest BCUT2D eigenvalue weighted by atomic mass is 31.2. The number of phosphoric acid groups is 1. The van der Waals surface area contributed by atoms with Crippen molar-refractivity contribution < 1.29 is 47.5 Å². The van der Waals surface area contributed by atoms with E-state index in [-0.39, 0.29) is 19.4 Å². The minimum atomic E-state index is -4.72. The van der Waals surface area contributed by atoms with Crippen molar-refractivity contribution in [2.75, 3.05) is 19.8 Å². The molecule has 12 heteroatoms. The molecule has 0 fully saturated rings. The standard InChI is InChI=1S/C45H80NO10P/c1-3-5-7-9-11-13-15-17-18-19-20-21-22-23-24-25-27-29-31-33-35-37-44(48)56-41(39-54-57(51,52)55-40-42(46)45(49)50)38-53-43(47)36-34-32-30-28-26-16-14-12-10-8-6-4-2/h5,7,11,13,17-18,20-21,41-42H,3-4,6,8-10,12,14-16,19,22-40,46H2,1-2H3,(H,49,50)(H,51,52)/b7-5-,13-11-,18-17-,21-20-. The van der Waals surface area contributed by atoms with Gasteiger partial charge < -0.3 is 25.2 Å². The van der Waals surface area contributed by atoms with Crippen LogP contribution >= 0.6 is 7.82 Å². The summed E-state index contributed by atoms with van der Waals surface area (Å²) in [6.45, 7) is 2.68. The monoisotopic (exact) mass is 826 g/mol. The second-order valence-electron chi connectivity index (χ2n) is 14.8. The number of carboxylic acid groups (broad SMARTS) is 1. The van der Waals surface area contributed by atoms with Gasteiger partial charge in [0.05, 0.1) is 13.2 Å². The summed E-state index contributed by atoms with van der Waals surface area (Å²) in [5.41, 5.74) is 5.33. The maximum atomic E-state index is 12.6. The minimum absolute atomic E-state index is 0.152. The molecule has 0 aliphatic carbocycles. The molecule has 0 saturated carbocycles. The molecule has 0 radical (unpaired) electrons. The largest absolute Gasteiger partial charge is 0.480 e. The number of carbonyl (C=O) groups excluding carboxylic acids is 2. The van der Waals surface area contributed by atoms with Gasteiger partial charge in [-0.05, 0) is 51.4 Å². The number of aliphatic carboxylic acids is 1. The van der Waals surface area contributed by atoms with Crippen LogP contribution in [0.3, 0.4) is 0 Å². The topological polar surface area (TPSA) is 172 Å². The van der Waals surface area contributed by atoms with Gasteiger partial charge in [-0.3, -0.25) is 23.4 Å². The number of allylic oxidation sites excluding steroid dienone is 8. The number of unbranched alkanes of at least 4 members (excludes halogenated alkanes) is 19. The molecule has 0 rings (SSSR count). The van der Waals surface area contributed by atoms with Crippen LogP contribution in [0.15, 0.2) is 48.6 Å². The minimum Gasteiger partial charge on any atom is -0.480 e. The first-order valence-electron chi connectivity index (χ1n) is 22.2. The molecule has 4 N–H and O–H groups in total. The predicted molar refractivity (Wildman–Crippen MR) is 231 cm³/mol. The van der Waals surface area contributed by atoms with Crippen molar-refractivity contribution in [3.8, 4) is 0 Å². The average Bonchev–Trinajstić information content (AvgIpc) is 3.19. The summed E-state index contributed by atoms with van der Waals surface area (Å²) in [5.74, 6) is -2.39. The van der Waals surface area contributed by atoms with Crippen molar-refractivity contribution in [1.29, 1.82) is 0 Å². The van der Waals surface area contributed by atoms with E-state index < -0.39 is 51.1 Å². The van der Waals surface area contributed by atoms with Crippen molar-refractivity contribution in [2.24, 2.45) is 5.73 Å². The van der Waals surface area contributed by atoms with Gasteiger partial charge in [0.2, 0.25) is 0 Å². The number of rotatable bonds is 41. The molecule has 0 aromatic rings. The fourth-order valence-electron chi connectivity index (χ4n) is 5.88. The Balaban J connectivity index is 4.33. The Hall–Kier alpha value is -2.56. The highest BCUT2D eigenvalue weighted by molar-refractivity contribution is 7.47. The Morgan fingerprint density at radius 1 is 0.561 bits per heavy atom. The fraction of sp³-hybridized carbons (Fsp3) is 0.756. The van der Waals surface area contributed by atoms with E-state index in [0.717, 1.165) is 77.0 Å². The lowest BCUT2D eigenvalue weighted by Crippen LogP contribution is -2.34. The molecule has 0 aromatic heterocycles. The van der Waals surface area contributed by atoms with Crippen molar-refractivity contribution in [1.82, 2.24) is 0 Å². The van der Waals surface area contributed by atoms with Gasteiger partial charge in [-0.25, -0.2) is 4.57 Å². The van der Waals surface area contributed by atoms with E-state index in [4.69, 9.17) is 24.8 Å². The molecule has 0 saturated heterocycles. The molecule has 330 valence electrons. The van der Waals surface area contributed by atoms with Crippen molar-refractivity contribution in [2.45, 2.75) is 199 Å². The van der Waals surface area contributed by atoms with Crippen LogP contribution < -0.4 is 5.73 Å². The molecule has 0 spiro atoms. The highest BCUT2D eigenvalue weighted by Gasteiger charge is 2.28. The van der Waals surface area contributed by atoms with E-state index in [1.165, 1.54) is 70.6 Å². The number of nitrogens with two attached hydrogens (primary N) is 1. The molecule has 0 aliphatic heterocycles. The molecule has 0 aromatic carbocycles. The lowest BCUT2D eigenvalue weighted by Gasteiger charge is -2.20. The number of carboxylic acids is 1. The SMILES string of the molecule is CC/C=C\C/C=C\C/C=C\C/C=C\CCCCCCCCCCC(=O)OC(COC(=O)CCCCCCCCCCCCCC)COP(=O)(O)OCC(N)C(=O)O. The quantitative estimate of drug-likeness (QED) is 0.0232. The third-order valence-corrected chi connectivity index (χ3v) is 10.3. The molecule has 3 atom stereocenters. The van der Waals surface area contributed by atoms with Crippen molar-refractivity contribution in [3.63, 3.8) is 0 Å². The van der Waals surface area contributed by atoms with Gasteiger partial charge >= 0.3 is 25.7 Å². The summed E-state index contributed by atoms with van der Waals surface area (Å²) in [6.07, 6.45) is 44.6. The van der Waals surface area contributed by atoms with Crippen LogP contribution in [0.25, 0.3) is 0 Å². The Bertz CT molecular complexity index is 1150. The Morgan fingerprint density at radius 3 is 1.47 bits per heavy atom. The summed E-state index contributed by atoms with van der Waals surface area (Å²) in [5, 5.41) is 8.89. The number of esters is 2. The summed E-state index contributed by atoms with van der Waals surface area (Å²) in [6, 6.07) is -1.52. The van der Waals surface area contributed by atoms with E-state index in [0.29, 0.717) is 12.8 Å². The Morgan fingerprint density at radius 2 is 0.982 bits per heavy atom. The smallest absolute Gasteiger partial charge is 0.472 e. The molecular formula is C45H80NO10P. The van der Waals surface area contributed by atoms with Gasteiger partial charge in [-0.1, -0.05) is 172 Å². The Labute approximate surface area is 345 Å². The molecule has 0 heterocycles. The highest BCUT2D eigenvalue weighted by Crippen LogP contribution is 2.43. The third-order valence-electron chi connectivity index (χ3n) is 9.34. The van der Waals surface area contributed by atoms with E-state index in [1.807, 2.05) is 0 Å². The van der Waals surface area contributed by atoms with Crippen molar-refractivity contribution in [3.05, 3.63) is 48.6 Å². The van der Waals surface area contributed by atoms with Crippen molar-refractivity contribution >= 4 is 25.7 Å². The number of hydrogen-bond acceptors (Lipinski definition) is 9. The van der Waals surface area contributed by atoms with Crippen LogP contribution in [0.5, 0.6) is 0 Å². The zero-order valence-electron chi connectivity index (χ0n) is 35.7. The average molecular weight is 826 g/mol. The molecule has 0 bridgehead atoms. The molecular weight excluding hydrogens is 745 g/mol. The zero-order valence-corrected chi connectivity index (χ0v) is 36.6. The molecule has 3 unspecified atom stereocenters. The van der Waals surface area contributed by atoms with Gasteiger partial charge in [0.15, 0.2) is 6.10 Å². The number of carbonyl (C=O) groups is 3. The maximum Gasteiger partial charge on any atom is 0.472 e. The first-order chi connectivity index (χ1) is 27.6. The first kappa shape index (κ1) is 54.4. The molecule has 0 aliphatic rings. The summed E-state index contributed by atoms with van der Waals surface area (Å²) >= 11 is 0. The maximum absolute atomic E-state index is 12.6.